The van der Waals surface area contributed by atoms with Crippen molar-refractivity contribution in [1.82, 2.24) is 24.1 Å². The molecule has 0 aliphatic rings. The molecule has 0 atom stereocenters. The predicted molar refractivity (Wildman–Crippen MR) is 281 cm³/mol. The lowest BCUT2D eigenvalue weighted by atomic mass is 9.95. The monoisotopic (exact) mass is 867 g/mol. The van der Waals surface area contributed by atoms with Crippen LogP contribution in [0.2, 0.25) is 0 Å². The zero-order valence-corrected chi connectivity index (χ0v) is 36.9. The number of para-hydroxylation sites is 4. The topological polar surface area (TPSA) is 48.5 Å². The van der Waals surface area contributed by atoms with Crippen molar-refractivity contribution in [3.63, 3.8) is 0 Å². The molecule has 0 aliphatic heterocycles. The van der Waals surface area contributed by atoms with Gasteiger partial charge in [0.1, 0.15) is 0 Å². The van der Waals surface area contributed by atoms with Gasteiger partial charge in [-0.2, -0.15) is 0 Å². The highest BCUT2D eigenvalue weighted by Gasteiger charge is 2.20. The average Bonchev–Trinajstić information content (AvgIpc) is 3.94. The molecule has 0 spiro atoms. The van der Waals surface area contributed by atoms with Crippen LogP contribution in [-0.2, 0) is 0 Å². The molecule has 0 saturated carbocycles. The second-order valence-corrected chi connectivity index (χ2v) is 17.2. The van der Waals surface area contributed by atoms with E-state index in [-0.39, 0.29) is 0 Å². The lowest BCUT2D eigenvalue weighted by molar-refractivity contribution is 1.07. The molecule has 0 saturated heterocycles. The third-order valence-corrected chi connectivity index (χ3v) is 13.2. The second-order valence-electron chi connectivity index (χ2n) is 17.2. The standard InChI is InChI=1S/C63H41N5/c1-3-18-42(19-4-1)44-22-15-23-45(38-44)46-36-37-51(60(41-46)68-58-34-13-9-30-54(58)55-31-10-14-35-59(55)68)47-24-16-25-48(39-47)62-64-61(43-20-5-2-6-21-43)65-63(66-62)49-26-17-27-50(40-49)67-56-32-11-7-28-52(56)53-29-8-12-33-57(53)67/h1-41H. The molecule has 0 aliphatic carbocycles. The van der Waals surface area contributed by atoms with Gasteiger partial charge in [0.05, 0.1) is 27.8 Å². The highest BCUT2D eigenvalue weighted by molar-refractivity contribution is 6.10. The molecule has 5 heteroatoms. The molecule has 0 bridgehead atoms. The molecule has 68 heavy (non-hydrogen) atoms. The van der Waals surface area contributed by atoms with E-state index in [0.717, 1.165) is 72.4 Å². The Morgan fingerprint density at radius 1 is 0.235 bits per heavy atom. The van der Waals surface area contributed by atoms with Crippen molar-refractivity contribution < 1.29 is 0 Å². The van der Waals surface area contributed by atoms with Gasteiger partial charge in [0.15, 0.2) is 17.5 Å². The van der Waals surface area contributed by atoms with Crippen molar-refractivity contribution in [3.8, 4) is 78.9 Å². The van der Waals surface area contributed by atoms with Crippen LogP contribution in [0.5, 0.6) is 0 Å². The highest BCUT2D eigenvalue weighted by Crippen LogP contribution is 2.40. The van der Waals surface area contributed by atoms with Gasteiger partial charge < -0.3 is 9.13 Å². The lowest BCUT2D eigenvalue weighted by Crippen LogP contribution is -2.01. The molecule has 0 fully saturated rings. The van der Waals surface area contributed by atoms with Crippen LogP contribution >= 0.6 is 0 Å². The normalized spacial score (nSPS) is 11.5. The van der Waals surface area contributed by atoms with Crippen LogP contribution in [0.1, 0.15) is 0 Å². The Bertz CT molecular complexity index is 3930. The Balaban J connectivity index is 0.979. The molecule has 318 valence electrons. The van der Waals surface area contributed by atoms with Crippen molar-refractivity contribution in [2.75, 3.05) is 0 Å². The van der Waals surface area contributed by atoms with Crippen LogP contribution in [0, 0.1) is 0 Å². The summed E-state index contributed by atoms with van der Waals surface area (Å²) < 4.78 is 4.76. The van der Waals surface area contributed by atoms with Crippen LogP contribution in [0.25, 0.3) is 123 Å². The van der Waals surface area contributed by atoms with E-state index in [9.17, 15) is 0 Å². The number of aromatic nitrogens is 5. The average molecular weight is 868 g/mol. The summed E-state index contributed by atoms with van der Waals surface area (Å²) in [7, 11) is 0. The molecule has 10 aromatic carbocycles. The third-order valence-electron chi connectivity index (χ3n) is 13.2. The molecule has 5 nitrogen and oxygen atoms in total. The first-order chi connectivity index (χ1) is 33.7. The summed E-state index contributed by atoms with van der Waals surface area (Å²) in [5, 5.41) is 4.87. The van der Waals surface area contributed by atoms with Gasteiger partial charge in [-0.3, -0.25) is 0 Å². The molecule has 13 rings (SSSR count). The van der Waals surface area contributed by atoms with E-state index in [4.69, 9.17) is 15.0 Å². The summed E-state index contributed by atoms with van der Waals surface area (Å²) >= 11 is 0. The molecule has 13 aromatic rings. The minimum absolute atomic E-state index is 0.603. The lowest BCUT2D eigenvalue weighted by Gasteiger charge is -2.17. The van der Waals surface area contributed by atoms with Crippen LogP contribution in [0.15, 0.2) is 249 Å². The maximum absolute atomic E-state index is 5.29. The van der Waals surface area contributed by atoms with Crippen LogP contribution < -0.4 is 0 Å². The summed E-state index contributed by atoms with van der Waals surface area (Å²) in [6.07, 6.45) is 0. The second kappa shape index (κ2) is 16.4. The maximum Gasteiger partial charge on any atom is 0.164 e. The van der Waals surface area contributed by atoms with Crippen LogP contribution in [0.4, 0.5) is 0 Å². The number of benzene rings is 10. The fraction of sp³-hybridized carbons (Fsp3) is 0. The van der Waals surface area contributed by atoms with E-state index >= 15 is 0 Å². The Hall–Kier alpha value is -9.19. The van der Waals surface area contributed by atoms with Crippen molar-refractivity contribution in [1.29, 1.82) is 0 Å². The summed E-state index contributed by atoms with van der Waals surface area (Å²) in [6.45, 7) is 0. The third kappa shape index (κ3) is 6.76. The van der Waals surface area contributed by atoms with E-state index in [2.05, 4.69) is 240 Å². The molecule has 3 heterocycles. The van der Waals surface area contributed by atoms with Gasteiger partial charge in [-0.05, 0) is 82.4 Å². The van der Waals surface area contributed by atoms with Gasteiger partial charge in [-0.1, -0.05) is 194 Å². The zero-order chi connectivity index (χ0) is 45.0. The Morgan fingerprint density at radius 2 is 0.618 bits per heavy atom. The first-order valence-corrected chi connectivity index (χ1v) is 23.0. The van der Waals surface area contributed by atoms with Crippen molar-refractivity contribution in [2.45, 2.75) is 0 Å². The first kappa shape index (κ1) is 39.2. The quantitative estimate of drug-likeness (QED) is 0.153. The minimum atomic E-state index is 0.603. The van der Waals surface area contributed by atoms with E-state index in [1.807, 2.05) is 18.2 Å². The number of nitrogens with zero attached hydrogens (tertiary/aromatic N) is 5. The fourth-order valence-corrected chi connectivity index (χ4v) is 9.99. The van der Waals surface area contributed by atoms with Gasteiger partial charge >= 0.3 is 0 Å². The number of hydrogen-bond donors (Lipinski definition) is 0. The van der Waals surface area contributed by atoms with Crippen molar-refractivity contribution in [3.05, 3.63) is 249 Å². The fourth-order valence-electron chi connectivity index (χ4n) is 9.99. The van der Waals surface area contributed by atoms with Crippen molar-refractivity contribution >= 4 is 43.6 Å². The molecular formula is C63H41N5. The maximum atomic E-state index is 5.29. The predicted octanol–water partition coefficient (Wildman–Crippen LogP) is 16.1. The molecule has 3 aromatic heterocycles. The molecule has 0 amide bonds. The smallest absolute Gasteiger partial charge is 0.164 e. The van der Waals surface area contributed by atoms with Crippen LogP contribution in [0.3, 0.4) is 0 Å². The Labute approximate surface area is 393 Å². The van der Waals surface area contributed by atoms with Gasteiger partial charge in [0.25, 0.3) is 0 Å². The van der Waals surface area contributed by atoms with E-state index in [0.29, 0.717) is 17.5 Å². The minimum Gasteiger partial charge on any atom is -0.309 e. The number of fused-ring (bicyclic) bond motifs is 6. The first-order valence-electron chi connectivity index (χ1n) is 23.0. The number of hydrogen-bond acceptors (Lipinski definition) is 3. The zero-order valence-electron chi connectivity index (χ0n) is 36.9. The van der Waals surface area contributed by atoms with Gasteiger partial charge in [-0.25, -0.2) is 15.0 Å². The van der Waals surface area contributed by atoms with Gasteiger partial charge in [0, 0.05) is 49.5 Å². The van der Waals surface area contributed by atoms with Gasteiger partial charge in [0.2, 0.25) is 0 Å². The summed E-state index contributed by atoms with van der Waals surface area (Å²) in [6, 6.07) is 88.3. The van der Waals surface area contributed by atoms with Crippen molar-refractivity contribution in [2.24, 2.45) is 0 Å². The van der Waals surface area contributed by atoms with E-state index in [1.165, 1.54) is 32.7 Å². The van der Waals surface area contributed by atoms with E-state index < -0.39 is 0 Å². The Kier molecular flexibility index (Phi) is 9.43. The molecule has 0 N–H and O–H groups in total. The molecular weight excluding hydrogens is 827 g/mol. The SMILES string of the molecule is c1ccc(-c2cccc(-c3ccc(-c4cccc(-c5nc(-c6ccccc6)nc(-c6cccc(-n7c8ccccc8c8ccccc87)c6)n5)c4)c(-n4c5ccccc5c5ccccc54)c3)c2)cc1. The largest absolute Gasteiger partial charge is 0.309 e. The van der Waals surface area contributed by atoms with Gasteiger partial charge in [-0.15, -0.1) is 0 Å². The molecule has 0 unspecified atom stereocenters. The Morgan fingerprint density at radius 3 is 1.19 bits per heavy atom. The molecule has 0 radical (unpaired) electrons. The van der Waals surface area contributed by atoms with Crippen LogP contribution in [-0.4, -0.2) is 24.1 Å². The highest BCUT2D eigenvalue weighted by atomic mass is 15.0. The summed E-state index contributed by atoms with van der Waals surface area (Å²) in [5.74, 6) is 1.83. The summed E-state index contributed by atoms with van der Waals surface area (Å²) in [5.41, 5.74) is 16.3. The van der Waals surface area contributed by atoms with E-state index in [1.54, 1.807) is 0 Å². The number of rotatable bonds is 8. The summed E-state index contributed by atoms with van der Waals surface area (Å²) in [4.78, 5) is 15.6.